The molecule has 0 saturated carbocycles. The molecule has 1 heterocycles. The van der Waals surface area contributed by atoms with Gasteiger partial charge >= 0.3 is 0 Å². The van der Waals surface area contributed by atoms with Crippen LogP contribution in [0, 0.1) is 0 Å². The molecule has 1 aromatic heterocycles. The summed E-state index contributed by atoms with van der Waals surface area (Å²) in [5.41, 5.74) is 5.09. The number of nitrogens with zero attached hydrogens (tertiary/aromatic N) is 2. The highest BCUT2D eigenvalue weighted by Crippen LogP contribution is 2.45. The van der Waals surface area contributed by atoms with Crippen LogP contribution in [-0.4, -0.2) is 9.78 Å². The van der Waals surface area contributed by atoms with Gasteiger partial charge in [-0.05, 0) is 35.4 Å². The molecule has 0 unspecified atom stereocenters. The van der Waals surface area contributed by atoms with E-state index in [0.717, 1.165) is 11.1 Å². The number of aromatic nitrogens is 2. The molecule has 0 spiro atoms. The summed E-state index contributed by atoms with van der Waals surface area (Å²) in [5.74, 6) is 0.440. The molecule has 5 aromatic rings. The van der Waals surface area contributed by atoms with Gasteiger partial charge in [0.15, 0.2) is 6.10 Å². The van der Waals surface area contributed by atoms with Crippen LogP contribution in [0.25, 0.3) is 27.6 Å². The second kappa shape index (κ2) is 6.96. The SMILES string of the molecule is O=c1c2ccccc2c(OC2c3ccccc3-c3ccccc32)nn1-c1ccccc1. The zero-order valence-corrected chi connectivity index (χ0v) is 16.6. The average Bonchev–Trinajstić information content (AvgIpc) is 3.15. The van der Waals surface area contributed by atoms with Gasteiger partial charge in [0.05, 0.1) is 16.5 Å². The van der Waals surface area contributed by atoms with E-state index in [-0.39, 0.29) is 11.7 Å². The number of benzene rings is 4. The lowest BCUT2D eigenvalue weighted by molar-refractivity contribution is 0.240. The van der Waals surface area contributed by atoms with Crippen LogP contribution in [0.1, 0.15) is 17.2 Å². The van der Waals surface area contributed by atoms with Crippen LogP contribution >= 0.6 is 0 Å². The summed E-state index contributed by atoms with van der Waals surface area (Å²) in [5, 5.41) is 5.95. The van der Waals surface area contributed by atoms with Crippen molar-refractivity contribution in [1.29, 1.82) is 0 Å². The van der Waals surface area contributed by atoms with Crippen molar-refractivity contribution in [3.63, 3.8) is 0 Å². The Morgan fingerprint density at radius 1 is 0.645 bits per heavy atom. The van der Waals surface area contributed by atoms with E-state index in [1.807, 2.05) is 78.9 Å². The summed E-state index contributed by atoms with van der Waals surface area (Å²) in [6.07, 6.45) is -0.287. The smallest absolute Gasteiger partial charge is 0.279 e. The minimum Gasteiger partial charge on any atom is -0.463 e. The maximum atomic E-state index is 13.2. The van der Waals surface area contributed by atoms with Crippen LogP contribution in [0.2, 0.25) is 0 Å². The third-order valence-electron chi connectivity index (χ3n) is 5.78. The molecule has 1 aliphatic carbocycles. The second-order valence-electron chi connectivity index (χ2n) is 7.58. The van der Waals surface area contributed by atoms with Crippen LogP contribution in [-0.2, 0) is 0 Å². The van der Waals surface area contributed by atoms with Gasteiger partial charge in [-0.2, -0.15) is 4.68 Å². The summed E-state index contributed by atoms with van der Waals surface area (Å²) >= 11 is 0. The topological polar surface area (TPSA) is 44.1 Å². The molecule has 0 radical (unpaired) electrons. The van der Waals surface area contributed by atoms with Crippen LogP contribution in [0.3, 0.4) is 0 Å². The average molecular weight is 402 g/mol. The van der Waals surface area contributed by atoms with Gasteiger partial charge in [-0.25, -0.2) is 0 Å². The molecular formula is C27H18N2O2. The predicted octanol–water partition coefficient (Wildman–Crippen LogP) is 5.53. The lowest BCUT2D eigenvalue weighted by Gasteiger charge is -2.18. The number of hydrogen-bond acceptors (Lipinski definition) is 3. The standard InChI is InChI=1S/C27H18N2O2/c30-27-24-17-9-8-16-23(24)26(28-29(27)18-10-2-1-3-11-18)31-25-21-14-6-4-12-19(21)20-13-5-7-15-22(20)25/h1-17,25H. The number of fused-ring (bicyclic) bond motifs is 4. The Hall–Kier alpha value is -4.18. The van der Waals surface area contributed by atoms with Crippen LogP contribution in [0.5, 0.6) is 5.88 Å². The highest BCUT2D eigenvalue weighted by atomic mass is 16.5. The van der Waals surface area contributed by atoms with Gasteiger partial charge in [0, 0.05) is 11.1 Å². The third-order valence-corrected chi connectivity index (χ3v) is 5.78. The Balaban J connectivity index is 1.56. The second-order valence-corrected chi connectivity index (χ2v) is 7.58. The highest BCUT2D eigenvalue weighted by molar-refractivity contribution is 5.86. The minimum atomic E-state index is -0.287. The first-order valence-corrected chi connectivity index (χ1v) is 10.2. The Kier molecular flexibility index (Phi) is 3.96. The van der Waals surface area contributed by atoms with Crippen LogP contribution in [0.15, 0.2) is 108 Å². The number of hydrogen-bond donors (Lipinski definition) is 0. The summed E-state index contributed by atoms with van der Waals surface area (Å²) in [6.45, 7) is 0. The molecule has 148 valence electrons. The fourth-order valence-corrected chi connectivity index (χ4v) is 4.34. The van der Waals surface area contributed by atoms with E-state index in [9.17, 15) is 4.79 Å². The molecule has 31 heavy (non-hydrogen) atoms. The highest BCUT2D eigenvalue weighted by Gasteiger charge is 2.30. The van der Waals surface area contributed by atoms with E-state index in [1.165, 1.54) is 15.8 Å². The van der Waals surface area contributed by atoms with E-state index < -0.39 is 0 Å². The molecule has 0 fully saturated rings. The zero-order chi connectivity index (χ0) is 20.8. The van der Waals surface area contributed by atoms with E-state index in [2.05, 4.69) is 29.4 Å². The molecule has 6 rings (SSSR count). The van der Waals surface area contributed by atoms with Gasteiger partial charge in [-0.3, -0.25) is 4.79 Å². The molecule has 1 aliphatic rings. The Labute approximate surface area is 179 Å². The predicted molar refractivity (Wildman–Crippen MR) is 122 cm³/mol. The van der Waals surface area contributed by atoms with Gasteiger partial charge in [0.25, 0.3) is 5.56 Å². The van der Waals surface area contributed by atoms with E-state index in [0.29, 0.717) is 22.3 Å². The Bertz CT molecular complexity index is 1440. The van der Waals surface area contributed by atoms with E-state index >= 15 is 0 Å². The molecule has 4 aromatic carbocycles. The van der Waals surface area contributed by atoms with Crippen molar-refractivity contribution in [3.8, 4) is 22.7 Å². The van der Waals surface area contributed by atoms with Crippen molar-refractivity contribution in [2.45, 2.75) is 6.10 Å². The first-order chi connectivity index (χ1) is 15.3. The van der Waals surface area contributed by atoms with Crippen molar-refractivity contribution in [1.82, 2.24) is 9.78 Å². The first kappa shape index (κ1) is 17.7. The maximum Gasteiger partial charge on any atom is 0.279 e. The minimum absolute atomic E-state index is 0.165. The van der Waals surface area contributed by atoms with Gasteiger partial charge in [0.1, 0.15) is 0 Å². The summed E-state index contributed by atoms with van der Waals surface area (Å²) in [6, 6.07) is 33.5. The lowest BCUT2D eigenvalue weighted by atomic mass is 10.1. The summed E-state index contributed by atoms with van der Waals surface area (Å²) in [7, 11) is 0. The molecular weight excluding hydrogens is 384 g/mol. The fourth-order valence-electron chi connectivity index (χ4n) is 4.34. The monoisotopic (exact) mass is 402 g/mol. The number of para-hydroxylation sites is 1. The largest absolute Gasteiger partial charge is 0.463 e. The normalized spacial score (nSPS) is 12.5. The molecule has 0 aliphatic heterocycles. The Morgan fingerprint density at radius 2 is 1.19 bits per heavy atom. The van der Waals surface area contributed by atoms with Gasteiger partial charge in [-0.1, -0.05) is 78.9 Å². The van der Waals surface area contributed by atoms with Crippen molar-refractivity contribution in [2.24, 2.45) is 0 Å². The fraction of sp³-hybridized carbons (Fsp3) is 0.0370. The molecule has 0 N–H and O–H groups in total. The molecule has 0 saturated heterocycles. The van der Waals surface area contributed by atoms with Crippen molar-refractivity contribution < 1.29 is 4.74 Å². The number of rotatable bonds is 3. The van der Waals surface area contributed by atoms with Gasteiger partial charge in [-0.15, -0.1) is 5.10 Å². The number of ether oxygens (including phenoxy) is 1. The quantitative estimate of drug-likeness (QED) is 0.398. The van der Waals surface area contributed by atoms with Crippen molar-refractivity contribution in [3.05, 3.63) is 125 Å². The van der Waals surface area contributed by atoms with Gasteiger partial charge < -0.3 is 4.74 Å². The Morgan fingerprint density at radius 3 is 1.87 bits per heavy atom. The summed E-state index contributed by atoms with van der Waals surface area (Å²) in [4.78, 5) is 13.2. The molecule has 0 atom stereocenters. The molecule has 4 heteroatoms. The van der Waals surface area contributed by atoms with Crippen LogP contribution < -0.4 is 10.3 Å². The molecule has 4 nitrogen and oxygen atoms in total. The maximum absolute atomic E-state index is 13.2. The first-order valence-electron chi connectivity index (χ1n) is 10.2. The molecule has 0 amide bonds. The van der Waals surface area contributed by atoms with E-state index in [4.69, 9.17) is 4.74 Å². The van der Waals surface area contributed by atoms with Crippen molar-refractivity contribution in [2.75, 3.05) is 0 Å². The summed E-state index contributed by atoms with van der Waals surface area (Å²) < 4.78 is 8.01. The van der Waals surface area contributed by atoms with Crippen molar-refractivity contribution >= 4 is 10.8 Å². The molecule has 0 bridgehead atoms. The van der Waals surface area contributed by atoms with Crippen LogP contribution in [0.4, 0.5) is 0 Å². The van der Waals surface area contributed by atoms with Gasteiger partial charge in [0.2, 0.25) is 5.88 Å². The zero-order valence-electron chi connectivity index (χ0n) is 16.6. The lowest BCUT2D eigenvalue weighted by Crippen LogP contribution is -2.23. The van der Waals surface area contributed by atoms with E-state index in [1.54, 1.807) is 0 Å². The third kappa shape index (κ3) is 2.76.